The second kappa shape index (κ2) is 6.15. The number of hydrogen-bond donors (Lipinski definition) is 1. The molecule has 0 fully saturated rings. The average molecular weight is 346 g/mol. The number of benzene rings is 2. The van der Waals surface area contributed by atoms with E-state index in [9.17, 15) is 14.9 Å². The SMILES string of the molecule is N#Cc1ccc(NC(=O)c2cc(Br)cc([N+](=O)[O-])c2)cc1. The molecule has 6 nitrogen and oxygen atoms in total. The van der Waals surface area contributed by atoms with E-state index in [0.717, 1.165) is 0 Å². The highest BCUT2D eigenvalue weighted by atomic mass is 79.9. The Balaban J connectivity index is 2.23. The van der Waals surface area contributed by atoms with E-state index in [-0.39, 0.29) is 11.3 Å². The molecule has 0 saturated carbocycles. The van der Waals surface area contributed by atoms with Crippen LogP contribution in [0.15, 0.2) is 46.9 Å². The van der Waals surface area contributed by atoms with Gasteiger partial charge in [-0.25, -0.2) is 0 Å². The number of rotatable bonds is 3. The minimum absolute atomic E-state index is 0.167. The van der Waals surface area contributed by atoms with Crippen LogP contribution in [0.2, 0.25) is 0 Å². The molecule has 7 heteroatoms. The number of carbonyl (C=O) groups excluding carboxylic acids is 1. The smallest absolute Gasteiger partial charge is 0.271 e. The molecule has 0 atom stereocenters. The second-order valence-corrected chi connectivity index (χ2v) is 5.01. The maximum atomic E-state index is 12.1. The zero-order valence-electron chi connectivity index (χ0n) is 10.5. The van der Waals surface area contributed by atoms with Crippen molar-refractivity contribution in [2.75, 3.05) is 5.32 Å². The molecule has 21 heavy (non-hydrogen) atoms. The lowest BCUT2D eigenvalue weighted by molar-refractivity contribution is -0.384. The lowest BCUT2D eigenvalue weighted by Crippen LogP contribution is -2.12. The largest absolute Gasteiger partial charge is 0.322 e. The summed E-state index contributed by atoms with van der Waals surface area (Å²) in [7, 11) is 0. The summed E-state index contributed by atoms with van der Waals surface area (Å²) in [6, 6.07) is 12.3. The summed E-state index contributed by atoms with van der Waals surface area (Å²) >= 11 is 3.13. The van der Waals surface area contributed by atoms with Crippen LogP contribution in [-0.4, -0.2) is 10.8 Å². The molecule has 0 aliphatic rings. The maximum absolute atomic E-state index is 12.1. The monoisotopic (exact) mass is 345 g/mol. The molecule has 2 rings (SSSR count). The third-order valence-electron chi connectivity index (χ3n) is 2.63. The molecule has 1 N–H and O–H groups in total. The van der Waals surface area contributed by atoms with E-state index in [0.29, 0.717) is 15.7 Å². The van der Waals surface area contributed by atoms with E-state index in [1.54, 1.807) is 24.3 Å². The number of hydrogen-bond acceptors (Lipinski definition) is 4. The van der Waals surface area contributed by atoms with Gasteiger partial charge in [-0.3, -0.25) is 14.9 Å². The van der Waals surface area contributed by atoms with Crippen LogP contribution in [0.1, 0.15) is 15.9 Å². The van der Waals surface area contributed by atoms with Gasteiger partial charge in [0.15, 0.2) is 0 Å². The van der Waals surface area contributed by atoms with E-state index < -0.39 is 10.8 Å². The third kappa shape index (κ3) is 3.64. The van der Waals surface area contributed by atoms with Gasteiger partial charge in [-0.1, -0.05) is 15.9 Å². The van der Waals surface area contributed by atoms with Crippen LogP contribution < -0.4 is 5.32 Å². The minimum Gasteiger partial charge on any atom is -0.322 e. The number of nitrogens with zero attached hydrogens (tertiary/aromatic N) is 2. The first-order valence-electron chi connectivity index (χ1n) is 5.76. The van der Waals surface area contributed by atoms with E-state index in [1.807, 2.05) is 6.07 Å². The number of nitriles is 1. The molecule has 0 bridgehead atoms. The summed E-state index contributed by atoms with van der Waals surface area (Å²) in [4.78, 5) is 22.3. The number of halogens is 1. The Morgan fingerprint density at radius 2 is 1.90 bits per heavy atom. The Bertz CT molecular complexity index is 751. The fourth-order valence-corrected chi connectivity index (χ4v) is 2.12. The van der Waals surface area contributed by atoms with Crippen LogP contribution in [0.25, 0.3) is 0 Å². The van der Waals surface area contributed by atoms with Crippen molar-refractivity contribution >= 4 is 33.2 Å². The van der Waals surface area contributed by atoms with Gasteiger partial charge in [-0.15, -0.1) is 0 Å². The molecule has 0 saturated heterocycles. The third-order valence-corrected chi connectivity index (χ3v) is 3.09. The van der Waals surface area contributed by atoms with Crippen LogP contribution in [-0.2, 0) is 0 Å². The topological polar surface area (TPSA) is 96.0 Å². The number of nitro groups is 1. The summed E-state index contributed by atoms with van der Waals surface area (Å²) < 4.78 is 0.446. The van der Waals surface area contributed by atoms with Gasteiger partial charge >= 0.3 is 0 Å². The van der Waals surface area contributed by atoms with Gasteiger partial charge in [0.1, 0.15) is 0 Å². The van der Waals surface area contributed by atoms with Crippen molar-refractivity contribution < 1.29 is 9.72 Å². The van der Waals surface area contributed by atoms with Crippen molar-refractivity contribution in [3.8, 4) is 6.07 Å². The second-order valence-electron chi connectivity index (χ2n) is 4.10. The predicted octanol–water partition coefficient (Wildman–Crippen LogP) is 3.48. The molecule has 2 aromatic carbocycles. The van der Waals surface area contributed by atoms with Gasteiger partial charge < -0.3 is 5.32 Å². The number of anilines is 1. The standard InChI is InChI=1S/C14H8BrN3O3/c15-11-5-10(6-13(7-11)18(20)21)14(19)17-12-3-1-9(8-16)2-4-12/h1-7H,(H,17,19). The Morgan fingerprint density at radius 3 is 2.48 bits per heavy atom. The van der Waals surface area contributed by atoms with E-state index >= 15 is 0 Å². The van der Waals surface area contributed by atoms with Gasteiger partial charge in [0.2, 0.25) is 0 Å². The zero-order chi connectivity index (χ0) is 15.4. The summed E-state index contributed by atoms with van der Waals surface area (Å²) in [5.41, 5.74) is 0.975. The first-order valence-corrected chi connectivity index (χ1v) is 6.55. The molecule has 104 valence electrons. The molecule has 2 aromatic rings. The molecule has 0 radical (unpaired) electrons. The Hall–Kier alpha value is -2.72. The number of nitro benzene ring substituents is 1. The first kappa shape index (κ1) is 14.7. The highest BCUT2D eigenvalue weighted by Gasteiger charge is 2.14. The van der Waals surface area contributed by atoms with Gasteiger partial charge in [0, 0.05) is 27.9 Å². The molecule has 0 aromatic heterocycles. The van der Waals surface area contributed by atoms with Crippen LogP contribution in [0, 0.1) is 21.4 Å². The van der Waals surface area contributed by atoms with Crippen molar-refractivity contribution in [1.29, 1.82) is 5.26 Å². The van der Waals surface area contributed by atoms with Crippen molar-refractivity contribution in [2.24, 2.45) is 0 Å². The lowest BCUT2D eigenvalue weighted by atomic mass is 10.1. The predicted molar refractivity (Wildman–Crippen MR) is 79.9 cm³/mol. The molecule has 1 amide bonds. The number of non-ortho nitro benzene ring substituents is 1. The van der Waals surface area contributed by atoms with E-state index in [1.165, 1.54) is 18.2 Å². The Kier molecular flexibility index (Phi) is 4.30. The van der Waals surface area contributed by atoms with Crippen molar-refractivity contribution in [3.05, 3.63) is 68.2 Å². The molecule has 0 spiro atoms. The minimum atomic E-state index is -0.566. The first-order chi connectivity index (χ1) is 9.99. The van der Waals surface area contributed by atoms with E-state index in [4.69, 9.17) is 5.26 Å². The average Bonchev–Trinajstić information content (AvgIpc) is 2.47. The van der Waals surface area contributed by atoms with Gasteiger partial charge in [0.05, 0.1) is 16.6 Å². The van der Waals surface area contributed by atoms with Gasteiger partial charge in [-0.2, -0.15) is 5.26 Å². The van der Waals surface area contributed by atoms with Crippen molar-refractivity contribution in [2.45, 2.75) is 0 Å². The summed E-state index contributed by atoms with van der Waals surface area (Å²) in [6.07, 6.45) is 0. The Morgan fingerprint density at radius 1 is 1.24 bits per heavy atom. The quantitative estimate of drug-likeness (QED) is 0.680. The number of nitrogens with one attached hydrogen (secondary N) is 1. The van der Waals surface area contributed by atoms with Gasteiger partial charge in [-0.05, 0) is 30.3 Å². The van der Waals surface area contributed by atoms with Crippen LogP contribution >= 0.6 is 15.9 Å². The fraction of sp³-hybridized carbons (Fsp3) is 0. The number of amides is 1. The number of carbonyl (C=O) groups is 1. The van der Waals surface area contributed by atoms with Gasteiger partial charge in [0.25, 0.3) is 11.6 Å². The normalized spacial score (nSPS) is 9.71. The van der Waals surface area contributed by atoms with Crippen LogP contribution in [0.5, 0.6) is 0 Å². The van der Waals surface area contributed by atoms with Crippen molar-refractivity contribution in [3.63, 3.8) is 0 Å². The zero-order valence-corrected chi connectivity index (χ0v) is 12.1. The molecular formula is C14H8BrN3O3. The molecule has 0 unspecified atom stereocenters. The van der Waals surface area contributed by atoms with Crippen molar-refractivity contribution in [1.82, 2.24) is 0 Å². The lowest BCUT2D eigenvalue weighted by Gasteiger charge is -2.06. The Labute approximate surface area is 128 Å². The highest BCUT2D eigenvalue weighted by molar-refractivity contribution is 9.10. The van der Waals surface area contributed by atoms with E-state index in [2.05, 4.69) is 21.2 Å². The summed E-state index contributed by atoms with van der Waals surface area (Å²) in [5, 5.41) is 22.1. The maximum Gasteiger partial charge on any atom is 0.271 e. The molecule has 0 aliphatic carbocycles. The highest BCUT2D eigenvalue weighted by Crippen LogP contribution is 2.22. The summed E-state index contributed by atoms with van der Waals surface area (Å²) in [6.45, 7) is 0. The molecule has 0 heterocycles. The molecule has 0 aliphatic heterocycles. The fourth-order valence-electron chi connectivity index (χ4n) is 1.64. The van der Waals surface area contributed by atoms with Crippen LogP contribution in [0.4, 0.5) is 11.4 Å². The summed E-state index contributed by atoms with van der Waals surface area (Å²) in [5.74, 6) is -0.468. The van der Waals surface area contributed by atoms with Crippen LogP contribution in [0.3, 0.4) is 0 Å². The molecular weight excluding hydrogens is 338 g/mol.